The standard InChI is InChI=1S/C25H27ClN2O2/c1-3-4-6-11-22-24(25(30)27-21-9-7-5-8-10-21)23(29)16-18(2)28(22)17-19-12-14-20(26)15-13-19/h5,7-10,12-16H,3-4,6,11,17H2,1-2H3,(H,27,30). The van der Waals surface area contributed by atoms with Gasteiger partial charge in [-0.15, -0.1) is 0 Å². The number of amides is 1. The van der Waals surface area contributed by atoms with Crippen molar-refractivity contribution < 1.29 is 4.79 Å². The molecule has 4 nitrogen and oxygen atoms in total. The summed E-state index contributed by atoms with van der Waals surface area (Å²) in [7, 11) is 0. The normalized spacial score (nSPS) is 10.8. The van der Waals surface area contributed by atoms with E-state index in [2.05, 4.69) is 16.8 Å². The second kappa shape index (κ2) is 10.3. The summed E-state index contributed by atoms with van der Waals surface area (Å²) < 4.78 is 2.08. The minimum atomic E-state index is -0.359. The summed E-state index contributed by atoms with van der Waals surface area (Å²) in [6, 6.07) is 18.4. The number of aromatic nitrogens is 1. The lowest BCUT2D eigenvalue weighted by molar-refractivity contribution is 0.102. The van der Waals surface area contributed by atoms with Crippen molar-refractivity contribution >= 4 is 23.2 Å². The van der Waals surface area contributed by atoms with Gasteiger partial charge >= 0.3 is 0 Å². The van der Waals surface area contributed by atoms with Gasteiger partial charge in [0.25, 0.3) is 5.91 Å². The van der Waals surface area contributed by atoms with Crippen LogP contribution in [0.2, 0.25) is 5.02 Å². The Labute approximate surface area is 182 Å². The summed E-state index contributed by atoms with van der Waals surface area (Å²) in [5.74, 6) is -0.359. The third-order valence-electron chi connectivity index (χ3n) is 5.16. The molecule has 0 spiro atoms. The van der Waals surface area contributed by atoms with Crippen LogP contribution in [0.1, 0.15) is 53.5 Å². The van der Waals surface area contributed by atoms with Gasteiger partial charge in [0, 0.05) is 34.7 Å². The van der Waals surface area contributed by atoms with Crippen LogP contribution < -0.4 is 10.7 Å². The van der Waals surface area contributed by atoms with Crippen molar-refractivity contribution in [3.05, 3.63) is 98.4 Å². The molecule has 0 aliphatic carbocycles. The van der Waals surface area contributed by atoms with Crippen LogP contribution in [-0.2, 0) is 13.0 Å². The second-order valence-corrected chi connectivity index (χ2v) is 7.90. The average molecular weight is 423 g/mol. The minimum Gasteiger partial charge on any atom is -0.343 e. The highest BCUT2D eigenvalue weighted by atomic mass is 35.5. The minimum absolute atomic E-state index is 0.231. The highest BCUT2D eigenvalue weighted by Crippen LogP contribution is 2.18. The van der Waals surface area contributed by atoms with Gasteiger partial charge in [-0.2, -0.15) is 0 Å². The van der Waals surface area contributed by atoms with Gasteiger partial charge in [-0.05, 0) is 49.6 Å². The summed E-state index contributed by atoms with van der Waals surface area (Å²) in [5, 5.41) is 3.56. The van der Waals surface area contributed by atoms with E-state index in [0.29, 0.717) is 23.7 Å². The first-order chi connectivity index (χ1) is 14.5. The van der Waals surface area contributed by atoms with E-state index in [4.69, 9.17) is 11.6 Å². The molecule has 1 aromatic heterocycles. The molecule has 156 valence electrons. The van der Waals surface area contributed by atoms with Crippen LogP contribution in [0.15, 0.2) is 65.5 Å². The highest BCUT2D eigenvalue weighted by Gasteiger charge is 2.20. The number of hydrogen-bond donors (Lipinski definition) is 1. The number of rotatable bonds is 8. The fourth-order valence-corrected chi connectivity index (χ4v) is 3.71. The summed E-state index contributed by atoms with van der Waals surface area (Å²) in [6.07, 6.45) is 3.71. The molecular weight excluding hydrogens is 396 g/mol. The van der Waals surface area contributed by atoms with Crippen LogP contribution in [0.25, 0.3) is 0 Å². The van der Waals surface area contributed by atoms with Crippen molar-refractivity contribution in [2.24, 2.45) is 0 Å². The van der Waals surface area contributed by atoms with Gasteiger partial charge in [-0.25, -0.2) is 0 Å². The average Bonchev–Trinajstić information content (AvgIpc) is 2.72. The zero-order chi connectivity index (χ0) is 21.5. The second-order valence-electron chi connectivity index (χ2n) is 7.46. The number of aryl methyl sites for hydroxylation is 1. The van der Waals surface area contributed by atoms with Crippen LogP contribution in [-0.4, -0.2) is 10.5 Å². The van der Waals surface area contributed by atoms with E-state index in [0.717, 1.165) is 36.2 Å². The Hall–Kier alpha value is -2.85. The van der Waals surface area contributed by atoms with Gasteiger partial charge < -0.3 is 9.88 Å². The summed E-state index contributed by atoms with van der Waals surface area (Å²) in [5.41, 5.74) is 3.37. The van der Waals surface area contributed by atoms with Crippen LogP contribution in [0.4, 0.5) is 5.69 Å². The topological polar surface area (TPSA) is 51.1 Å². The van der Waals surface area contributed by atoms with Gasteiger partial charge in [0.15, 0.2) is 5.43 Å². The Morgan fingerprint density at radius 3 is 2.40 bits per heavy atom. The molecule has 30 heavy (non-hydrogen) atoms. The van der Waals surface area contributed by atoms with Crippen LogP contribution >= 0.6 is 11.6 Å². The largest absolute Gasteiger partial charge is 0.343 e. The Kier molecular flexibility index (Phi) is 7.47. The van der Waals surface area contributed by atoms with Crippen LogP contribution in [0, 0.1) is 6.92 Å². The molecule has 0 aliphatic heterocycles. The molecule has 0 saturated heterocycles. The first-order valence-electron chi connectivity index (χ1n) is 10.3. The number of pyridine rings is 1. The number of carbonyl (C=O) groups is 1. The Bertz CT molecular complexity index is 1060. The van der Waals surface area contributed by atoms with E-state index in [-0.39, 0.29) is 16.9 Å². The fourth-order valence-electron chi connectivity index (χ4n) is 3.58. The molecule has 5 heteroatoms. The van der Waals surface area contributed by atoms with E-state index >= 15 is 0 Å². The summed E-state index contributed by atoms with van der Waals surface area (Å²) >= 11 is 6.03. The number of para-hydroxylation sites is 1. The fraction of sp³-hybridized carbons (Fsp3) is 0.280. The Balaban J connectivity index is 2.04. The lowest BCUT2D eigenvalue weighted by atomic mass is 10.0. The van der Waals surface area contributed by atoms with Gasteiger partial charge in [0.05, 0.1) is 0 Å². The summed E-state index contributed by atoms with van der Waals surface area (Å²) in [4.78, 5) is 26.0. The van der Waals surface area contributed by atoms with E-state index in [9.17, 15) is 9.59 Å². The number of carbonyl (C=O) groups excluding carboxylic acids is 1. The van der Waals surface area contributed by atoms with Crippen molar-refractivity contribution in [2.45, 2.75) is 46.1 Å². The smallest absolute Gasteiger partial charge is 0.261 e. The van der Waals surface area contributed by atoms with E-state index in [1.165, 1.54) is 0 Å². The van der Waals surface area contributed by atoms with Crippen LogP contribution in [0.5, 0.6) is 0 Å². The van der Waals surface area contributed by atoms with Crippen molar-refractivity contribution in [2.75, 3.05) is 5.32 Å². The predicted octanol–water partition coefficient (Wildman–Crippen LogP) is 5.84. The molecule has 1 amide bonds. The molecule has 2 aromatic carbocycles. The molecule has 1 N–H and O–H groups in total. The number of nitrogens with one attached hydrogen (secondary N) is 1. The lowest BCUT2D eigenvalue weighted by Crippen LogP contribution is -2.28. The van der Waals surface area contributed by atoms with Gasteiger partial charge in [-0.1, -0.05) is 61.7 Å². The molecule has 0 atom stereocenters. The SMILES string of the molecule is CCCCCc1c(C(=O)Nc2ccccc2)c(=O)cc(C)n1Cc1ccc(Cl)cc1. The van der Waals surface area contributed by atoms with Crippen molar-refractivity contribution in [1.82, 2.24) is 4.57 Å². The molecule has 3 rings (SSSR count). The van der Waals surface area contributed by atoms with Gasteiger partial charge in [0.2, 0.25) is 0 Å². The molecule has 0 saturated carbocycles. The van der Waals surface area contributed by atoms with Crippen molar-refractivity contribution in [3.8, 4) is 0 Å². The molecule has 0 fully saturated rings. The number of unbranched alkanes of at least 4 members (excludes halogenated alkanes) is 2. The predicted molar refractivity (Wildman–Crippen MR) is 124 cm³/mol. The number of halogens is 1. The van der Waals surface area contributed by atoms with Gasteiger partial charge in [0.1, 0.15) is 5.56 Å². The molecule has 1 heterocycles. The molecule has 0 bridgehead atoms. The molecule has 0 unspecified atom stereocenters. The molecule has 0 radical (unpaired) electrons. The first kappa shape index (κ1) is 21.8. The molecule has 3 aromatic rings. The lowest BCUT2D eigenvalue weighted by Gasteiger charge is -2.20. The monoisotopic (exact) mass is 422 g/mol. The number of benzene rings is 2. The maximum absolute atomic E-state index is 13.1. The number of anilines is 1. The summed E-state index contributed by atoms with van der Waals surface area (Å²) in [6.45, 7) is 4.63. The van der Waals surface area contributed by atoms with E-state index in [1.54, 1.807) is 6.07 Å². The van der Waals surface area contributed by atoms with E-state index in [1.807, 2.05) is 61.5 Å². The van der Waals surface area contributed by atoms with Crippen molar-refractivity contribution in [1.29, 1.82) is 0 Å². The number of nitrogens with zero attached hydrogens (tertiary/aromatic N) is 1. The molecular formula is C25H27ClN2O2. The zero-order valence-electron chi connectivity index (χ0n) is 17.5. The third kappa shape index (κ3) is 5.39. The first-order valence-corrected chi connectivity index (χ1v) is 10.7. The Morgan fingerprint density at radius 2 is 1.73 bits per heavy atom. The van der Waals surface area contributed by atoms with E-state index < -0.39 is 0 Å². The number of hydrogen-bond acceptors (Lipinski definition) is 2. The van der Waals surface area contributed by atoms with Gasteiger partial charge in [-0.3, -0.25) is 9.59 Å². The third-order valence-corrected chi connectivity index (χ3v) is 5.41. The van der Waals surface area contributed by atoms with Crippen molar-refractivity contribution in [3.63, 3.8) is 0 Å². The molecule has 0 aliphatic rings. The maximum Gasteiger partial charge on any atom is 0.261 e. The zero-order valence-corrected chi connectivity index (χ0v) is 18.2. The maximum atomic E-state index is 13.1. The van der Waals surface area contributed by atoms with Crippen LogP contribution in [0.3, 0.4) is 0 Å². The Morgan fingerprint density at radius 1 is 1.03 bits per heavy atom. The highest BCUT2D eigenvalue weighted by molar-refractivity contribution is 6.30. The quantitative estimate of drug-likeness (QED) is 0.463.